The van der Waals surface area contributed by atoms with Gasteiger partial charge in [-0.25, -0.2) is 9.59 Å². The zero-order chi connectivity index (χ0) is 15.6. The summed E-state index contributed by atoms with van der Waals surface area (Å²) in [5, 5.41) is 14.6. The number of urea groups is 1. The fraction of sp³-hybridized carbons (Fsp3) is 0.467. The minimum atomic E-state index is -1.04. The van der Waals surface area contributed by atoms with E-state index in [-0.39, 0.29) is 17.0 Å². The molecule has 114 valence electrons. The Morgan fingerprint density at radius 3 is 2.57 bits per heavy atom. The largest absolute Gasteiger partial charge is 0.478 e. The van der Waals surface area contributed by atoms with E-state index in [1.54, 1.807) is 12.1 Å². The van der Waals surface area contributed by atoms with Gasteiger partial charge in [0.1, 0.15) is 0 Å². The van der Waals surface area contributed by atoms with Crippen LogP contribution in [-0.4, -0.2) is 23.7 Å². The number of benzene rings is 1. The third-order valence-corrected chi connectivity index (χ3v) is 4.86. The average molecular weight is 355 g/mol. The Labute approximate surface area is 132 Å². The second kappa shape index (κ2) is 6.05. The van der Waals surface area contributed by atoms with Gasteiger partial charge < -0.3 is 15.7 Å². The molecule has 1 aromatic rings. The van der Waals surface area contributed by atoms with Gasteiger partial charge in [0.25, 0.3) is 0 Å². The van der Waals surface area contributed by atoms with E-state index in [0.717, 1.165) is 12.8 Å². The molecule has 0 heterocycles. The van der Waals surface area contributed by atoms with Crippen LogP contribution in [0.15, 0.2) is 22.7 Å². The van der Waals surface area contributed by atoms with E-state index < -0.39 is 5.97 Å². The van der Waals surface area contributed by atoms with Crippen molar-refractivity contribution in [2.24, 2.45) is 11.3 Å². The number of carbonyl (C=O) groups excluding carboxylic acids is 1. The molecular formula is C15H19BrN2O3. The molecule has 1 aliphatic rings. The average Bonchev–Trinajstić information content (AvgIpc) is 3.19. The highest BCUT2D eigenvalue weighted by Gasteiger charge is 2.45. The van der Waals surface area contributed by atoms with E-state index in [1.165, 1.54) is 6.07 Å². The molecule has 1 aliphatic carbocycles. The lowest BCUT2D eigenvalue weighted by molar-refractivity contribution is 0.0696. The predicted molar refractivity (Wildman–Crippen MR) is 84.6 cm³/mol. The van der Waals surface area contributed by atoms with E-state index in [9.17, 15) is 9.59 Å². The van der Waals surface area contributed by atoms with Gasteiger partial charge in [0.2, 0.25) is 0 Å². The molecule has 0 bridgehead atoms. The molecule has 6 heteroatoms. The molecule has 0 spiro atoms. The Bertz CT molecular complexity index is 568. The normalized spacial score (nSPS) is 15.6. The number of amides is 2. The number of halogens is 1. The third kappa shape index (κ3) is 3.75. The van der Waals surface area contributed by atoms with Gasteiger partial charge in [0.15, 0.2) is 0 Å². The summed E-state index contributed by atoms with van der Waals surface area (Å²) in [5.41, 5.74) is 0.819. The van der Waals surface area contributed by atoms with Crippen LogP contribution >= 0.6 is 15.9 Å². The molecule has 0 saturated heterocycles. The molecule has 0 aromatic heterocycles. The first-order chi connectivity index (χ1) is 9.84. The molecule has 1 aromatic carbocycles. The van der Waals surface area contributed by atoms with Crippen LogP contribution in [0.4, 0.5) is 10.5 Å². The number of rotatable bonds is 5. The van der Waals surface area contributed by atoms with E-state index in [2.05, 4.69) is 40.4 Å². The van der Waals surface area contributed by atoms with E-state index >= 15 is 0 Å². The van der Waals surface area contributed by atoms with Crippen molar-refractivity contribution >= 4 is 33.6 Å². The molecule has 21 heavy (non-hydrogen) atoms. The maximum atomic E-state index is 11.9. The molecule has 1 saturated carbocycles. The van der Waals surface area contributed by atoms with Crippen LogP contribution in [0.3, 0.4) is 0 Å². The fourth-order valence-corrected chi connectivity index (χ4v) is 2.73. The minimum Gasteiger partial charge on any atom is -0.478 e. The van der Waals surface area contributed by atoms with Gasteiger partial charge in [0, 0.05) is 16.7 Å². The molecule has 1 fully saturated rings. The van der Waals surface area contributed by atoms with Crippen molar-refractivity contribution in [3.63, 3.8) is 0 Å². The summed E-state index contributed by atoms with van der Waals surface area (Å²) in [6, 6.07) is 4.39. The summed E-state index contributed by atoms with van der Waals surface area (Å²) in [4.78, 5) is 22.9. The lowest BCUT2D eigenvalue weighted by atomic mass is 9.92. The molecule has 0 aliphatic heterocycles. The topological polar surface area (TPSA) is 78.4 Å². The molecule has 0 atom stereocenters. The van der Waals surface area contributed by atoms with Crippen LogP contribution in [-0.2, 0) is 0 Å². The van der Waals surface area contributed by atoms with E-state index in [1.807, 2.05) is 0 Å². The summed E-state index contributed by atoms with van der Waals surface area (Å²) in [6.07, 6.45) is 2.29. The number of nitrogens with one attached hydrogen (secondary N) is 2. The SMILES string of the molecule is CC(C)C1(CNC(=O)Nc2ccc(Br)c(C(=O)O)c2)CC1. The van der Waals surface area contributed by atoms with Gasteiger partial charge in [-0.15, -0.1) is 0 Å². The van der Waals surface area contributed by atoms with Crippen molar-refractivity contribution in [3.05, 3.63) is 28.2 Å². The number of carboxylic acid groups (broad SMARTS) is 1. The molecular weight excluding hydrogens is 336 g/mol. The lowest BCUT2D eigenvalue weighted by Gasteiger charge is -2.20. The zero-order valence-corrected chi connectivity index (χ0v) is 13.7. The van der Waals surface area contributed by atoms with Gasteiger partial charge in [-0.3, -0.25) is 0 Å². The lowest BCUT2D eigenvalue weighted by Crippen LogP contribution is -2.35. The van der Waals surface area contributed by atoms with Crippen LogP contribution in [0.25, 0.3) is 0 Å². The van der Waals surface area contributed by atoms with Crippen molar-refractivity contribution < 1.29 is 14.7 Å². The zero-order valence-electron chi connectivity index (χ0n) is 12.1. The van der Waals surface area contributed by atoms with Gasteiger partial charge in [-0.05, 0) is 58.3 Å². The maximum Gasteiger partial charge on any atom is 0.336 e. The molecule has 2 amide bonds. The van der Waals surface area contributed by atoms with Gasteiger partial charge >= 0.3 is 12.0 Å². The summed E-state index contributed by atoms with van der Waals surface area (Å²) in [6.45, 7) is 4.99. The Hall–Kier alpha value is -1.56. The first kappa shape index (κ1) is 15.8. The summed E-state index contributed by atoms with van der Waals surface area (Å²) in [5.74, 6) is -0.494. The Kier molecular flexibility index (Phi) is 4.56. The van der Waals surface area contributed by atoms with E-state index in [4.69, 9.17) is 5.11 Å². The number of anilines is 1. The molecule has 0 unspecified atom stereocenters. The van der Waals surface area contributed by atoms with Crippen molar-refractivity contribution in [1.29, 1.82) is 0 Å². The summed E-state index contributed by atoms with van der Waals surface area (Å²) >= 11 is 3.17. The minimum absolute atomic E-state index is 0.119. The molecule has 5 nitrogen and oxygen atoms in total. The number of carboxylic acids is 1. The summed E-state index contributed by atoms with van der Waals surface area (Å²) in [7, 11) is 0. The Balaban J connectivity index is 1.94. The monoisotopic (exact) mass is 354 g/mol. The Morgan fingerprint density at radius 1 is 1.38 bits per heavy atom. The van der Waals surface area contributed by atoms with Crippen LogP contribution in [0.5, 0.6) is 0 Å². The highest BCUT2D eigenvalue weighted by molar-refractivity contribution is 9.10. The number of hydrogen-bond donors (Lipinski definition) is 3. The third-order valence-electron chi connectivity index (χ3n) is 4.17. The smallest absolute Gasteiger partial charge is 0.336 e. The molecule has 0 radical (unpaired) electrons. The maximum absolute atomic E-state index is 11.9. The second-order valence-corrected chi connectivity index (χ2v) is 6.68. The number of carbonyl (C=O) groups is 2. The highest BCUT2D eigenvalue weighted by Crippen LogP contribution is 2.51. The number of aromatic carboxylic acids is 1. The van der Waals surface area contributed by atoms with Gasteiger partial charge in [-0.1, -0.05) is 13.8 Å². The standard InChI is InChI=1S/C15H19BrN2O3/c1-9(2)15(5-6-15)8-17-14(21)18-10-3-4-12(16)11(7-10)13(19)20/h3-4,7,9H,5-6,8H2,1-2H3,(H,19,20)(H2,17,18,21). The molecule has 2 rings (SSSR count). The van der Waals surface area contributed by atoms with Crippen molar-refractivity contribution in [1.82, 2.24) is 5.32 Å². The van der Waals surface area contributed by atoms with Gasteiger partial charge in [-0.2, -0.15) is 0 Å². The highest BCUT2D eigenvalue weighted by atomic mass is 79.9. The van der Waals surface area contributed by atoms with Crippen molar-refractivity contribution in [2.45, 2.75) is 26.7 Å². The van der Waals surface area contributed by atoms with Crippen LogP contribution in [0, 0.1) is 11.3 Å². The van der Waals surface area contributed by atoms with Crippen molar-refractivity contribution in [3.8, 4) is 0 Å². The van der Waals surface area contributed by atoms with Crippen LogP contribution in [0.2, 0.25) is 0 Å². The molecule has 3 N–H and O–H groups in total. The Morgan fingerprint density at radius 2 is 2.05 bits per heavy atom. The van der Waals surface area contributed by atoms with Crippen molar-refractivity contribution in [2.75, 3.05) is 11.9 Å². The second-order valence-electron chi connectivity index (χ2n) is 5.82. The quantitative estimate of drug-likeness (QED) is 0.754. The fourth-order valence-electron chi connectivity index (χ4n) is 2.32. The predicted octanol–water partition coefficient (Wildman–Crippen LogP) is 3.71. The summed E-state index contributed by atoms with van der Waals surface area (Å²) < 4.78 is 0.484. The van der Waals surface area contributed by atoms with Crippen LogP contribution < -0.4 is 10.6 Å². The van der Waals surface area contributed by atoms with Gasteiger partial charge in [0.05, 0.1) is 5.56 Å². The first-order valence-corrected chi connectivity index (χ1v) is 7.71. The van der Waals surface area contributed by atoms with Crippen LogP contribution in [0.1, 0.15) is 37.0 Å². The van der Waals surface area contributed by atoms with E-state index in [0.29, 0.717) is 22.6 Å². The first-order valence-electron chi connectivity index (χ1n) is 6.92. The number of hydrogen-bond acceptors (Lipinski definition) is 2.